The number of hydrogen-bond donors (Lipinski definition) is 1. The first-order valence-electron chi connectivity index (χ1n) is 6.92. The molecule has 0 spiro atoms. The molecule has 1 aromatic carbocycles. The van der Waals surface area contributed by atoms with E-state index in [0.29, 0.717) is 11.8 Å². The zero-order valence-electron chi connectivity index (χ0n) is 11.6. The number of rotatable bonds is 2. The highest BCUT2D eigenvalue weighted by molar-refractivity contribution is 6.30. The SMILES string of the molecule is CC1CCCC(Nc2ccc(Cl)cc2C(F)(F)F)C1C. The third kappa shape index (κ3) is 3.40. The lowest BCUT2D eigenvalue weighted by Crippen LogP contribution is -2.35. The Morgan fingerprint density at radius 1 is 1.20 bits per heavy atom. The van der Waals surface area contributed by atoms with Gasteiger partial charge in [0.15, 0.2) is 0 Å². The van der Waals surface area contributed by atoms with Crippen molar-refractivity contribution in [3.63, 3.8) is 0 Å². The minimum Gasteiger partial charge on any atom is -0.382 e. The van der Waals surface area contributed by atoms with Gasteiger partial charge < -0.3 is 5.32 Å². The van der Waals surface area contributed by atoms with Crippen molar-refractivity contribution in [2.75, 3.05) is 5.32 Å². The molecular weight excluding hydrogens is 287 g/mol. The van der Waals surface area contributed by atoms with E-state index < -0.39 is 11.7 Å². The number of halogens is 4. The zero-order chi connectivity index (χ0) is 14.9. The molecule has 1 aliphatic carbocycles. The lowest BCUT2D eigenvalue weighted by molar-refractivity contribution is -0.137. The van der Waals surface area contributed by atoms with E-state index in [-0.39, 0.29) is 16.8 Å². The number of hydrogen-bond acceptors (Lipinski definition) is 1. The smallest absolute Gasteiger partial charge is 0.382 e. The van der Waals surface area contributed by atoms with Crippen LogP contribution in [0.15, 0.2) is 18.2 Å². The molecule has 0 heterocycles. The Labute approximate surface area is 122 Å². The summed E-state index contributed by atoms with van der Waals surface area (Å²) < 4.78 is 39.2. The van der Waals surface area contributed by atoms with Gasteiger partial charge in [0.2, 0.25) is 0 Å². The molecule has 112 valence electrons. The van der Waals surface area contributed by atoms with E-state index in [1.165, 1.54) is 12.1 Å². The molecule has 1 aromatic rings. The van der Waals surface area contributed by atoms with Crippen LogP contribution < -0.4 is 5.32 Å². The van der Waals surface area contributed by atoms with E-state index in [4.69, 9.17) is 11.6 Å². The summed E-state index contributed by atoms with van der Waals surface area (Å²) in [5.41, 5.74) is -0.553. The van der Waals surface area contributed by atoms with E-state index in [0.717, 1.165) is 25.3 Å². The Morgan fingerprint density at radius 2 is 1.90 bits per heavy atom. The van der Waals surface area contributed by atoms with E-state index in [2.05, 4.69) is 19.2 Å². The Morgan fingerprint density at radius 3 is 2.55 bits per heavy atom. The normalized spacial score (nSPS) is 27.4. The van der Waals surface area contributed by atoms with Gasteiger partial charge in [-0.05, 0) is 36.5 Å². The maximum atomic E-state index is 13.1. The first kappa shape index (κ1) is 15.5. The van der Waals surface area contributed by atoms with Crippen LogP contribution in [0, 0.1) is 11.8 Å². The van der Waals surface area contributed by atoms with Gasteiger partial charge in [-0.25, -0.2) is 0 Å². The van der Waals surface area contributed by atoms with Crippen molar-refractivity contribution in [3.8, 4) is 0 Å². The molecule has 0 aliphatic heterocycles. The summed E-state index contributed by atoms with van der Waals surface area (Å²) in [4.78, 5) is 0. The molecule has 5 heteroatoms. The van der Waals surface area contributed by atoms with Crippen LogP contribution in [0.2, 0.25) is 5.02 Å². The van der Waals surface area contributed by atoms with Crippen molar-refractivity contribution >= 4 is 17.3 Å². The van der Waals surface area contributed by atoms with Gasteiger partial charge in [0.1, 0.15) is 0 Å². The largest absolute Gasteiger partial charge is 0.418 e. The van der Waals surface area contributed by atoms with Crippen molar-refractivity contribution in [2.45, 2.75) is 45.3 Å². The summed E-state index contributed by atoms with van der Waals surface area (Å²) >= 11 is 5.69. The number of nitrogens with one attached hydrogen (secondary N) is 1. The third-order valence-electron chi connectivity index (χ3n) is 4.33. The van der Waals surface area contributed by atoms with Gasteiger partial charge in [0, 0.05) is 16.8 Å². The molecule has 2 rings (SSSR count). The fourth-order valence-electron chi connectivity index (χ4n) is 2.86. The molecule has 0 aromatic heterocycles. The predicted molar refractivity (Wildman–Crippen MR) is 76.0 cm³/mol. The van der Waals surface area contributed by atoms with Crippen molar-refractivity contribution < 1.29 is 13.2 Å². The van der Waals surface area contributed by atoms with Gasteiger partial charge in [0.25, 0.3) is 0 Å². The molecule has 1 aliphatic rings. The van der Waals surface area contributed by atoms with Gasteiger partial charge in [-0.3, -0.25) is 0 Å². The summed E-state index contributed by atoms with van der Waals surface area (Å²) in [5.74, 6) is 0.892. The quantitative estimate of drug-likeness (QED) is 0.750. The maximum absolute atomic E-state index is 13.1. The number of benzene rings is 1. The van der Waals surface area contributed by atoms with E-state index in [9.17, 15) is 13.2 Å². The lowest BCUT2D eigenvalue weighted by Gasteiger charge is -2.35. The molecule has 1 saturated carbocycles. The second kappa shape index (κ2) is 5.84. The molecule has 0 radical (unpaired) electrons. The van der Waals surface area contributed by atoms with E-state index >= 15 is 0 Å². The molecule has 1 nitrogen and oxygen atoms in total. The van der Waals surface area contributed by atoms with Crippen molar-refractivity contribution in [2.24, 2.45) is 11.8 Å². The predicted octanol–water partition coefficient (Wildman–Crippen LogP) is 5.60. The summed E-state index contributed by atoms with van der Waals surface area (Å²) in [5, 5.41) is 3.19. The molecule has 0 saturated heterocycles. The minimum absolute atomic E-state index is 0.0843. The van der Waals surface area contributed by atoms with Crippen LogP contribution in [0.25, 0.3) is 0 Å². The topological polar surface area (TPSA) is 12.0 Å². The van der Waals surface area contributed by atoms with Gasteiger partial charge >= 0.3 is 6.18 Å². The Kier molecular flexibility index (Phi) is 4.52. The second-order valence-electron chi connectivity index (χ2n) is 5.71. The minimum atomic E-state index is -4.39. The van der Waals surface area contributed by atoms with Crippen LogP contribution in [-0.2, 0) is 6.18 Å². The fraction of sp³-hybridized carbons (Fsp3) is 0.600. The van der Waals surface area contributed by atoms with Crippen molar-refractivity contribution in [1.82, 2.24) is 0 Å². The highest BCUT2D eigenvalue weighted by Crippen LogP contribution is 2.39. The van der Waals surface area contributed by atoms with Gasteiger partial charge in [-0.2, -0.15) is 13.2 Å². The average Bonchev–Trinajstić information content (AvgIpc) is 2.36. The molecule has 0 amide bonds. The molecular formula is C15H19ClF3N. The Hall–Kier alpha value is -0.900. The van der Waals surface area contributed by atoms with Crippen LogP contribution >= 0.6 is 11.6 Å². The molecule has 20 heavy (non-hydrogen) atoms. The Balaban J connectivity index is 2.25. The highest BCUT2D eigenvalue weighted by atomic mass is 35.5. The summed E-state index contributed by atoms with van der Waals surface area (Å²) in [6.45, 7) is 4.26. The number of anilines is 1. The van der Waals surface area contributed by atoms with Crippen LogP contribution in [0.4, 0.5) is 18.9 Å². The Bertz CT molecular complexity index is 473. The van der Waals surface area contributed by atoms with Crippen LogP contribution in [0.1, 0.15) is 38.7 Å². The molecule has 1 fully saturated rings. The first-order valence-corrected chi connectivity index (χ1v) is 7.30. The third-order valence-corrected chi connectivity index (χ3v) is 4.57. The highest BCUT2D eigenvalue weighted by Gasteiger charge is 2.35. The summed E-state index contributed by atoms with van der Waals surface area (Å²) in [7, 11) is 0. The van der Waals surface area contributed by atoms with Crippen LogP contribution in [0.3, 0.4) is 0 Å². The average molecular weight is 306 g/mol. The van der Waals surface area contributed by atoms with E-state index in [1.807, 2.05) is 0 Å². The van der Waals surface area contributed by atoms with Crippen LogP contribution in [0.5, 0.6) is 0 Å². The molecule has 0 bridgehead atoms. The number of alkyl halides is 3. The lowest BCUT2D eigenvalue weighted by atomic mass is 9.78. The van der Waals surface area contributed by atoms with Crippen molar-refractivity contribution in [3.05, 3.63) is 28.8 Å². The van der Waals surface area contributed by atoms with Gasteiger partial charge in [0.05, 0.1) is 5.56 Å². The summed E-state index contributed by atoms with van der Waals surface area (Å²) in [6, 6.07) is 4.00. The van der Waals surface area contributed by atoms with Gasteiger partial charge in [-0.1, -0.05) is 38.3 Å². The summed E-state index contributed by atoms with van der Waals surface area (Å²) in [6.07, 6.45) is -1.29. The van der Waals surface area contributed by atoms with E-state index in [1.54, 1.807) is 0 Å². The first-order chi connectivity index (χ1) is 9.29. The standard InChI is InChI=1S/C15H19ClF3N/c1-9-4-3-5-13(10(9)2)20-14-7-6-11(16)8-12(14)15(17,18)19/h6-10,13,20H,3-5H2,1-2H3. The molecule has 3 atom stereocenters. The second-order valence-corrected chi connectivity index (χ2v) is 6.14. The van der Waals surface area contributed by atoms with Crippen molar-refractivity contribution in [1.29, 1.82) is 0 Å². The molecule has 3 unspecified atom stereocenters. The monoisotopic (exact) mass is 305 g/mol. The zero-order valence-corrected chi connectivity index (χ0v) is 12.4. The fourth-order valence-corrected chi connectivity index (χ4v) is 3.03. The van der Waals surface area contributed by atoms with Gasteiger partial charge in [-0.15, -0.1) is 0 Å². The van der Waals surface area contributed by atoms with Crippen LogP contribution in [-0.4, -0.2) is 6.04 Å². The molecule has 1 N–H and O–H groups in total. The maximum Gasteiger partial charge on any atom is 0.418 e.